The number of nitrogens with zero attached hydrogens (tertiary/aromatic N) is 1. The number of nitrogens with one attached hydrogen (secondary N) is 2. The van der Waals surface area contributed by atoms with Crippen LogP contribution in [0.2, 0.25) is 0 Å². The van der Waals surface area contributed by atoms with Gasteiger partial charge in [0.2, 0.25) is 5.91 Å². The molecule has 0 bridgehead atoms. The topological polar surface area (TPSA) is 53.6 Å². The number of rotatable bonds is 9. The summed E-state index contributed by atoms with van der Waals surface area (Å²) in [7, 11) is 5.39. The third kappa shape index (κ3) is 7.17. The molecule has 0 spiro atoms. The Balaban J connectivity index is 2.42. The van der Waals surface area contributed by atoms with E-state index >= 15 is 0 Å². The normalized spacial score (nSPS) is 10.9. The summed E-state index contributed by atoms with van der Waals surface area (Å²) in [5, 5.41) is 5.76. The van der Waals surface area contributed by atoms with Crippen LogP contribution in [-0.4, -0.2) is 51.7 Å². The molecule has 0 radical (unpaired) electrons. The van der Waals surface area contributed by atoms with E-state index in [1.807, 2.05) is 19.0 Å². The van der Waals surface area contributed by atoms with E-state index in [0.717, 1.165) is 5.56 Å². The highest BCUT2D eigenvalue weighted by Gasteiger charge is 2.06. The van der Waals surface area contributed by atoms with Gasteiger partial charge in [0.25, 0.3) is 0 Å². The summed E-state index contributed by atoms with van der Waals surface area (Å²) < 4.78 is 18.5. The smallest absolute Gasteiger partial charge is 0.234 e. The summed E-state index contributed by atoms with van der Waals surface area (Å²) in [6, 6.07) is 4.91. The second kappa shape index (κ2) is 9.44. The van der Waals surface area contributed by atoms with E-state index in [2.05, 4.69) is 10.6 Å². The standard InChI is InChI=1S/C15H24FN3O2/c1-19(2)11-13-8-12(4-5-14(13)16)9-18-15(20)10-17-6-7-21-3/h4-5,8,17H,6-7,9-11H2,1-3H3,(H,18,20). The third-order valence-corrected chi connectivity index (χ3v) is 2.85. The Morgan fingerprint density at radius 2 is 2.14 bits per heavy atom. The van der Waals surface area contributed by atoms with Crippen LogP contribution in [0.5, 0.6) is 0 Å². The van der Waals surface area contributed by atoms with Crippen LogP contribution < -0.4 is 10.6 Å². The van der Waals surface area contributed by atoms with E-state index in [0.29, 0.717) is 31.8 Å². The quantitative estimate of drug-likeness (QED) is 0.660. The van der Waals surface area contributed by atoms with Crippen molar-refractivity contribution in [2.75, 3.05) is 40.9 Å². The van der Waals surface area contributed by atoms with Crippen molar-refractivity contribution in [3.63, 3.8) is 0 Å². The first-order valence-electron chi connectivity index (χ1n) is 6.91. The summed E-state index contributed by atoms with van der Waals surface area (Å²) in [4.78, 5) is 13.5. The highest BCUT2D eigenvalue weighted by molar-refractivity contribution is 5.77. The summed E-state index contributed by atoms with van der Waals surface area (Å²) in [6.45, 7) is 2.37. The molecule has 0 saturated carbocycles. The Morgan fingerprint density at radius 3 is 2.81 bits per heavy atom. The first kappa shape index (κ1) is 17.6. The van der Waals surface area contributed by atoms with Crippen molar-refractivity contribution in [2.24, 2.45) is 0 Å². The Hall–Kier alpha value is -1.50. The number of amides is 1. The Kier molecular flexibility index (Phi) is 7.89. The number of hydrogen-bond donors (Lipinski definition) is 2. The van der Waals surface area contributed by atoms with Crippen molar-refractivity contribution in [1.82, 2.24) is 15.5 Å². The lowest BCUT2D eigenvalue weighted by Gasteiger charge is -2.12. The lowest BCUT2D eigenvalue weighted by molar-refractivity contribution is -0.120. The van der Waals surface area contributed by atoms with Gasteiger partial charge >= 0.3 is 0 Å². The maximum atomic E-state index is 13.6. The van der Waals surface area contributed by atoms with Gasteiger partial charge in [-0.05, 0) is 31.8 Å². The van der Waals surface area contributed by atoms with Gasteiger partial charge in [0.05, 0.1) is 13.2 Å². The van der Waals surface area contributed by atoms with Gasteiger partial charge in [-0.3, -0.25) is 4.79 Å². The first-order valence-corrected chi connectivity index (χ1v) is 6.91. The van der Waals surface area contributed by atoms with E-state index in [4.69, 9.17) is 4.74 Å². The molecule has 0 aliphatic carbocycles. The number of carbonyl (C=O) groups is 1. The van der Waals surface area contributed by atoms with E-state index in [9.17, 15) is 9.18 Å². The predicted octanol–water partition coefficient (Wildman–Crippen LogP) is 0.740. The minimum absolute atomic E-state index is 0.0930. The van der Waals surface area contributed by atoms with Crippen LogP contribution >= 0.6 is 0 Å². The molecule has 6 heteroatoms. The van der Waals surface area contributed by atoms with Crippen LogP contribution in [0.3, 0.4) is 0 Å². The molecular formula is C15H24FN3O2. The summed E-state index contributed by atoms with van der Waals surface area (Å²) in [5.74, 6) is -0.315. The van der Waals surface area contributed by atoms with Crippen LogP contribution in [0, 0.1) is 5.82 Å². The second-order valence-corrected chi connectivity index (χ2v) is 5.11. The van der Waals surface area contributed by atoms with Gasteiger partial charge in [-0.15, -0.1) is 0 Å². The fraction of sp³-hybridized carbons (Fsp3) is 0.533. The molecule has 0 aliphatic heterocycles. The van der Waals surface area contributed by atoms with Crippen LogP contribution in [0.4, 0.5) is 4.39 Å². The van der Waals surface area contributed by atoms with Crippen molar-refractivity contribution in [1.29, 1.82) is 0 Å². The van der Waals surface area contributed by atoms with Gasteiger partial charge in [0.1, 0.15) is 5.82 Å². The van der Waals surface area contributed by atoms with Crippen molar-refractivity contribution in [3.05, 3.63) is 35.1 Å². The van der Waals surface area contributed by atoms with E-state index in [1.165, 1.54) is 6.07 Å². The van der Waals surface area contributed by atoms with Gasteiger partial charge in [0.15, 0.2) is 0 Å². The van der Waals surface area contributed by atoms with Crippen molar-refractivity contribution in [3.8, 4) is 0 Å². The summed E-state index contributed by atoms with van der Waals surface area (Å²) in [6.07, 6.45) is 0. The number of hydrogen-bond acceptors (Lipinski definition) is 4. The SMILES string of the molecule is COCCNCC(=O)NCc1ccc(F)c(CN(C)C)c1. The van der Waals surface area contributed by atoms with E-state index in [1.54, 1.807) is 19.2 Å². The molecule has 0 atom stereocenters. The van der Waals surface area contributed by atoms with Gasteiger partial charge < -0.3 is 20.3 Å². The molecule has 1 amide bonds. The monoisotopic (exact) mass is 297 g/mol. The van der Waals surface area contributed by atoms with Crippen molar-refractivity contribution < 1.29 is 13.9 Å². The molecule has 0 aliphatic rings. The molecule has 0 unspecified atom stereocenters. The number of carbonyl (C=O) groups excluding carboxylic acids is 1. The maximum Gasteiger partial charge on any atom is 0.234 e. The van der Waals surface area contributed by atoms with Crippen molar-refractivity contribution >= 4 is 5.91 Å². The van der Waals surface area contributed by atoms with E-state index in [-0.39, 0.29) is 18.3 Å². The molecule has 1 aromatic carbocycles. The van der Waals surface area contributed by atoms with Gasteiger partial charge in [-0.1, -0.05) is 6.07 Å². The molecule has 2 N–H and O–H groups in total. The Bertz CT molecular complexity index is 453. The van der Waals surface area contributed by atoms with Crippen LogP contribution in [0.15, 0.2) is 18.2 Å². The number of ether oxygens (including phenoxy) is 1. The molecule has 0 saturated heterocycles. The first-order chi connectivity index (χ1) is 10.0. The Labute approximate surface area is 125 Å². The molecule has 0 fully saturated rings. The second-order valence-electron chi connectivity index (χ2n) is 5.11. The van der Waals surface area contributed by atoms with Crippen LogP contribution in [0.1, 0.15) is 11.1 Å². The van der Waals surface area contributed by atoms with Gasteiger partial charge in [-0.25, -0.2) is 4.39 Å². The summed E-state index contributed by atoms with van der Waals surface area (Å²) in [5.41, 5.74) is 1.52. The maximum absolute atomic E-state index is 13.6. The molecule has 1 rings (SSSR count). The van der Waals surface area contributed by atoms with Crippen LogP contribution in [0.25, 0.3) is 0 Å². The average Bonchev–Trinajstić information content (AvgIpc) is 2.44. The molecule has 21 heavy (non-hydrogen) atoms. The van der Waals surface area contributed by atoms with E-state index < -0.39 is 0 Å². The molecule has 118 valence electrons. The number of benzene rings is 1. The molecule has 0 aromatic heterocycles. The van der Waals surface area contributed by atoms with Crippen LogP contribution in [-0.2, 0) is 22.6 Å². The zero-order valence-electron chi connectivity index (χ0n) is 12.9. The molecule has 5 nitrogen and oxygen atoms in total. The lowest BCUT2D eigenvalue weighted by atomic mass is 10.1. The Morgan fingerprint density at radius 1 is 1.38 bits per heavy atom. The highest BCUT2D eigenvalue weighted by atomic mass is 19.1. The molecule has 1 aromatic rings. The minimum Gasteiger partial charge on any atom is -0.383 e. The van der Waals surface area contributed by atoms with Crippen molar-refractivity contribution in [2.45, 2.75) is 13.1 Å². The van der Waals surface area contributed by atoms with Gasteiger partial charge in [-0.2, -0.15) is 0 Å². The number of methoxy groups -OCH3 is 1. The lowest BCUT2D eigenvalue weighted by Crippen LogP contribution is -2.34. The molecular weight excluding hydrogens is 273 g/mol. The third-order valence-electron chi connectivity index (χ3n) is 2.85. The summed E-state index contributed by atoms with van der Waals surface area (Å²) >= 11 is 0. The minimum atomic E-state index is -0.222. The zero-order chi connectivity index (χ0) is 15.7. The highest BCUT2D eigenvalue weighted by Crippen LogP contribution is 2.12. The fourth-order valence-corrected chi connectivity index (χ4v) is 1.84. The van der Waals surface area contributed by atoms with Gasteiger partial charge in [0, 0.05) is 32.3 Å². The molecule has 0 heterocycles. The average molecular weight is 297 g/mol. The fourth-order valence-electron chi connectivity index (χ4n) is 1.84. The predicted molar refractivity (Wildman–Crippen MR) is 80.4 cm³/mol. The largest absolute Gasteiger partial charge is 0.383 e. The zero-order valence-corrected chi connectivity index (χ0v) is 12.9. The number of halogens is 1.